The number of aromatic nitrogens is 2. The lowest BCUT2D eigenvalue weighted by Crippen LogP contribution is -2.00. The van der Waals surface area contributed by atoms with E-state index in [9.17, 15) is 0 Å². The summed E-state index contributed by atoms with van der Waals surface area (Å²) in [6, 6.07) is 9.02. The second-order valence-corrected chi connectivity index (χ2v) is 4.28. The monoisotopic (exact) mass is 229 g/mol. The highest BCUT2D eigenvalue weighted by atomic mass is 16.5. The maximum atomic E-state index is 5.16. The minimum atomic E-state index is 0.294. The van der Waals surface area contributed by atoms with Crippen LogP contribution >= 0.6 is 0 Å². The standard InChI is InChI=1S/C13H15N3O/c1-2-14-13-15-12(16-17-13)11-8-7-9-5-3-4-6-10(9)11/h3-6,11H,2,7-8H2,1H3,(H,14,15,16). The van der Waals surface area contributed by atoms with Gasteiger partial charge >= 0.3 is 6.01 Å². The molecule has 4 heteroatoms. The van der Waals surface area contributed by atoms with Crippen molar-refractivity contribution in [2.24, 2.45) is 0 Å². The van der Waals surface area contributed by atoms with Crippen LogP contribution in [0, 0.1) is 0 Å². The number of aryl methyl sites for hydroxylation is 1. The molecule has 1 aromatic carbocycles. The molecule has 0 amide bonds. The number of hydrogen-bond donors (Lipinski definition) is 1. The molecule has 1 unspecified atom stereocenters. The van der Waals surface area contributed by atoms with E-state index in [2.05, 4.69) is 39.7 Å². The lowest BCUT2D eigenvalue weighted by atomic mass is 10.0. The van der Waals surface area contributed by atoms with Crippen molar-refractivity contribution in [3.63, 3.8) is 0 Å². The molecule has 17 heavy (non-hydrogen) atoms. The first-order valence-corrected chi connectivity index (χ1v) is 6.03. The van der Waals surface area contributed by atoms with Gasteiger partial charge in [0.05, 0.1) is 0 Å². The van der Waals surface area contributed by atoms with Crippen LogP contribution in [0.3, 0.4) is 0 Å². The third-order valence-corrected chi connectivity index (χ3v) is 3.21. The quantitative estimate of drug-likeness (QED) is 0.878. The highest BCUT2D eigenvalue weighted by Gasteiger charge is 2.27. The molecule has 2 aromatic rings. The van der Waals surface area contributed by atoms with Gasteiger partial charge in [-0.15, -0.1) is 0 Å². The van der Waals surface area contributed by atoms with Crippen molar-refractivity contribution in [3.8, 4) is 0 Å². The lowest BCUT2D eigenvalue weighted by molar-refractivity contribution is 0.419. The van der Waals surface area contributed by atoms with Gasteiger partial charge in [-0.3, -0.25) is 0 Å². The molecule has 88 valence electrons. The van der Waals surface area contributed by atoms with Gasteiger partial charge in [-0.2, -0.15) is 4.98 Å². The molecule has 1 aromatic heterocycles. The molecular formula is C13H15N3O. The van der Waals surface area contributed by atoms with Crippen LogP contribution in [0.1, 0.15) is 36.2 Å². The fourth-order valence-corrected chi connectivity index (χ4v) is 2.42. The van der Waals surface area contributed by atoms with Crippen LogP contribution in [-0.4, -0.2) is 16.7 Å². The van der Waals surface area contributed by atoms with E-state index in [4.69, 9.17) is 4.52 Å². The Morgan fingerprint density at radius 3 is 3.18 bits per heavy atom. The normalized spacial score (nSPS) is 18.1. The molecule has 0 aliphatic heterocycles. The van der Waals surface area contributed by atoms with Crippen molar-refractivity contribution in [2.75, 3.05) is 11.9 Å². The van der Waals surface area contributed by atoms with E-state index in [1.54, 1.807) is 0 Å². The Labute approximate surface area is 100 Å². The predicted octanol–water partition coefficient (Wildman–Crippen LogP) is 2.58. The van der Waals surface area contributed by atoms with Crippen LogP contribution in [0.25, 0.3) is 0 Å². The van der Waals surface area contributed by atoms with E-state index in [-0.39, 0.29) is 0 Å². The number of hydrogen-bond acceptors (Lipinski definition) is 4. The van der Waals surface area contributed by atoms with Gasteiger partial charge in [-0.25, -0.2) is 0 Å². The molecule has 0 saturated carbocycles. The minimum absolute atomic E-state index is 0.294. The molecule has 1 aliphatic rings. The van der Waals surface area contributed by atoms with Crippen molar-refractivity contribution in [2.45, 2.75) is 25.7 Å². The average Bonchev–Trinajstić information content (AvgIpc) is 2.95. The van der Waals surface area contributed by atoms with E-state index in [1.165, 1.54) is 11.1 Å². The predicted molar refractivity (Wildman–Crippen MR) is 65.1 cm³/mol. The molecule has 4 nitrogen and oxygen atoms in total. The van der Waals surface area contributed by atoms with Crippen LogP contribution in [0.15, 0.2) is 28.8 Å². The smallest absolute Gasteiger partial charge is 0.321 e. The average molecular weight is 229 g/mol. The summed E-state index contributed by atoms with van der Waals surface area (Å²) >= 11 is 0. The molecule has 0 spiro atoms. The first-order valence-electron chi connectivity index (χ1n) is 6.03. The molecule has 0 fully saturated rings. The van der Waals surface area contributed by atoms with Gasteiger partial charge in [0.25, 0.3) is 0 Å². The van der Waals surface area contributed by atoms with Crippen molar-refractivity contribution >= 4 is 6.01 Å². The summed E-state index contributed by atoms with van der Waals surface area (Å²) in [5.74, 6) is 1.09. The molecule has 1 N–H and O–H groups in total. The summed E-state index contributed by atoms with van der Waals surface area (Å²) in [5, 5.41) is 7.10. The van der Waals surface area contributed by atoms with Crippen molar-refractivity contribution < 1.29 is 4.52 Å². The first kappa shape index (κ1) is 10.3. The van der Waals surface area contributed by atoms with Gasteiger partial charge in [-0.1, -0.05) is 29.4 Å². The zero-order valence-electron chi connectivity index (χ0n) is 9.81. The molecule has 0 saturated heterocycles. The Morgan fingerprint density at radius 2 is 2.29 bits per heavy atom. The highest BCUT2D eigenvalue weighted by Crippen LogP contribution is 2.36. The second-order valence-electron chi connectivity index (χ2n) is 4.28. The Balaban J connectivity index is 1.90. The van der Waals surface area contributed by atoms with Crippen LogP contribution in [0.4, 0.5) is 6.01 Å². The van der Waals surface area contributed by atoms with Crippen molar-refractivity contribution in [1.82, 2.24) is 10.1 Å². The molecule has 1 heterocycles. The summed E-state index contributed by atoms with van der Waals surface area (Å²) in [6.07, 6.45) is 2.18. The van der Waals surface area contributed by atoms with Crippen LogP contribution in [0.2, 0.25) is 0 Å². The Hall–Kier alpha value is -1.84. The summed E-state index contributed by atoms with van der Waals surface area (Å²) in [5.41, 5.74) is 2.75. The maximum Gasteiger partial charge on any atom is 0.321 e. The number of rotatable bonds is 3. The second kappa shape index (κ2) is 4.20. The van der Waals surface area contributed by atoms with Crippen LogP contribution < -0.4 is 5.32 Å². The van der Waals surface area contributed by atoms with E-state index in [1.807, 2.05) is 6.92 Å². The van der Waals surface area contributed by atoms with Gasteiger partial charge in [0.1, 0.15) is 0 Å². The lowest BCUT2D eigenvalue weighted by Gasteiger charge is -2.05. The van der Waals surface area contributed by atoms with E-state index < -0.39 is 0 Å². The minimum Gasteiger partial charge on any atom is -0.338 e. The van der Waals surface area contributed by atoms with Crippen molar-refractivity contribution in [1.29, 1.82) is 0 Å². The molecule has 0 bridgehead atoms. The fraction of sp³-hybridized carbons (Fsp3) is 0.385. The summed E-state index contributed by atoms with van der Waals surface area (Å²) < 4.78 is 5.16. The Morgan fingerprint density at radius 1 is 1.41 bits per heavy atom. The van der Waals surface area contributed by atoms with E-state index >= 15 is 0 Å². The zero-order chi connectivity index (χ0) is 11.7. The third-order valence-electron chi connectivity index (χ3n) is 3.21. The fourth-order valence-electron chi connectivity index (χ4n) is 2.42. The number of anilines is 1. The van der Waals surface area contributed by atoms with Crippen LogP contribution in [-0.2, 0) is 6.42 Å². The highest BCUT2D eigenvalue weighted by molar-refractivity contribution is 5.39. The topological polar surface area (TPSA) is 51.0 Å². The van der Waals surface area contributed by atoms with E-state index in [0.29, 0.717) is 11.9 Å². The molecule has 1 atom stereocenters. The van der Waals surface area contributed by atoms with Gasteiger partial charge < -0.3 is 9.84 Å². The summed E-state index contributed by atoms with van der Waals surface area (Å²) in [4.78, 5) is 4.39. The van der Waals surface area contributed by atoms with Gasteiger partial charge in [-0.05, 0) is 30.9 Å². The van der Waals surface area contributed by atoms with Gasteiger partial charge in [0, 0.05) is 12.5 Å². The third kappa shape index (κ3) is 1.79. The number of benzene rings is 1. The zero-order valence-corrected chi connectivity index (χ0v) is 9.81. The SMILES string of the molecule is CCNc1nc(C2CCc3ccccc32)no1. The number of nitrogens with one attached hydrogen (secondary N) is 1. The Kier molecular flexibility index (Phi) is 2.55. The summed E-state index contributed by atoms with van der Waals surface area (Å²) in [7, 11) is 0. The number of fused-ring (bicyclic) bond motifs is 1. The molecule has 1 aliphatic carbocycles. The van der Waals surface area contributed by atoms with Crippen LogP contribution in [0.5, 0.6) is 0 Å². The molecule has 0 radical (unpaired) electrons. The molecule has 3 rings (SSSR count). The summed E-state index contributed by atoms with van der Waals surface area (Å²) in [6.45, 7) is 2.80. The van der Waals surface area contributed by atoms with Gasteiger partial charge in [0.15, 0.2) is 5.82 Å². The first-order chi connectivity index (χ1) is 8.38. The Bertz CT molecular complexity index is 521. The van der Waals surface area contributed by atoms with Crippen molar-refractivity contribution in [3.05, 3.63) is 41.2 Å². The number of nitrogens with zero attached hydrogens (tertiary/aromatic N) is 2. The maximum absolute atomic E-state index is 5.16. The largest absolute Gasteiger partial charge is 0.338 e. The molecular weight excluding hydrogens is 214 g/mol. The van der Waals surface area contributed by atoms with Gasteiger partial charge in [0.2, 0.25) is 0 Å². The van der Waals surface area contributed by atoms with E-state index in [0.717, 1.165) is 25.2 Å².